The fraction of sp³-hybridized carbons (Fsp3) is 0.476. The summed E-state index contributed by atoms with van der Waals surface area (Å²) in [4.78, 5) is 25.9. The number of aromatic nitrogens is 2. The van der Waals surface area contributed by atoms with Crippen molar-refractivity contribution in [2.45, 2.75) is 32.1 Å². The lowest BCUT2D eigenvalue weighted by Crippen LogP contribution is -2.47. The number of rotatable bonds is 4. The van der Waals surface area contributed by atoms with Crippen LogP contribution in [0.15, 0.2) is 36.4 Å². The number of aryl methyl sites for hydroxylation is 1. The van der Waals surface area contributed by atoms with Crippen LogP contribution in [0.4, 0.5) is 5.95 Å². The normalized spacial score (nSPS) is 18.4. The highest BCUT2D eigenvalue weighted by molar-refractivity contribution is 5.92. The second kappa shape index (κ2) is 7.85. The van der Waals surface area contributed by atoms with Gasteiger partial charge in [-0.2, -0.15) is 0 Å². The summed E-state index contributed by atoms with van der Waals surface area (Å²) in [6, 6.07) is 11.9. The minimum Gasteiger partial charge on any atom is -0.347 e. The number of hydrogen-bond donors (Lipinski definition) is 0. The molecule has 0 radical (unpaired) electrons. The molecule has 28 heavy (non-hydrogen) atoms. The number of hydrogen-bond acceptors (Lipinski definition) is 6. The third kappa shape index (κ3) is 4.00. The monoisotopic (exact) mass is 382 g/mol. The van der Waals surface area contributed by atoms with Gasteiger partial charge in [-0.15, -0.1) is 0 Å². The van der Waals surface area contributed by atoms with Crippen LogP contribution >= 0.6 is 0 Å². The number of amides is 1. The molecule has 148 valence electrons. The van der Waals surface area contributed by atoms with E-state index < -0.39 is 5.79 Å². The summed E-state index contributed by atoms with van der Waals surface area (Å²) < 4.78 is 11.5. The minimum atomic E-state index is -0.487. The van der Waals surface area contributed by atoms with Gasteiger partial charge >= 0.3 is 0 Å². The number of carbonyl (C=O) groups excluding carboxylic acids is 1. The molecule has 1 spiro atoms. The maximum absolute atomic E-state index is 13.0. The molecule has 7 nitrogen and oxygen atoms in total. The average Bonchev–Trinajstić information content (AvgIpc) is 3.16. The van der Waals surface area contributed by atoms with E-state index in [0.717, 1.165) is 5.69 Å². The van der Waals surface area contributed by atoms with E-state index in [9.17, 15) is 4.79 Å². The van der Waals surface area contributed by atoms with Crippen molar-refractivity contribution < 1.29 is 14.3 Å². The van der Waals surface area contributed by atoms with Crippen molar-refractivity contribution in [3.63, 3.8) is 0 Å². The van der Waals surface area contributed by atoms with Gasteiger partial charge in [0.15, 0.2) is 5.79 Å². The summed E-state index contributed by atoms with van der Waals surface area (Å²) in [7, 11) is 1.94. The Balaban J connectivity index is 1.46. The second-order valence-electron chi connectivity index (χ2n) is 7.44. The van der Waals surface area contributed by atoms with Crippen LogP contribution in [-0.2, 0) is 16.0 Å². The van der Waals surface area contributed by atoms with Crippen LogP contribution in [0.1, 0.15) is 34.6 Å². The molecule has 0 unspecified atom stereocenters. The van der Waals surface area contributed by atoms with Crippen molar-refractivity contribution in [2.75, 3.05) is 38.3 Å². The molecule has 0 N–H and O–H groups in total. The van der Waals surface area contributed by atoms with Crippen molar-refractivity contribution in [1.82, 2.24) is 14.9 Å². The minimum absolute atomic E-state index is 0.0623. The molecule has 1 amide bonds. The number of ether oxygens (including phenoxy) is 2. The predicted octanol–water partition coefficient (Wildman–Crippen LogP) is 2.40. The summed E-state index contributed by atoms with van der Waals surface area (Å²) in [5.41, 5.74) is 2.39. The van der Waals surface area contributed by atoms with E-state index >= 15 is 0 Å². The first-order valence-electron chi connectivity index (χ1n) is 9.73. The molecule has 1 aromatic carbocycles. The number of benzene rings is 1. The topological polar surface area (TPSA) is 67.8 Å². The first kappa shape index (κ1) is 18.8. The van der Waals surface area contributed by atoms with Crippen molar-refractivity contribution in [2.24, 2.45) is 0 Å². The van der Waals surface area contributed by atoms with Crippen molar-refractivity contribution in [3.05, 3.63) is 53.3 Å². The Morgan fingerprint density at radius 2 is 1.82 bits per heavy atom. The predicted molar refractivity (Wildman–Crippen MR) is 105 cm³/mol. The largest absolute Gasteiger partial charge is 0.347 e. The van der Waals surface area contributed by atoms with Crippen molar-refractivity contribution in [1.29, 1.82) is 0 Å². The molecule has 4 rings (SSSR count). The molecule has 2 aliphatic rings. The number of carbonyl (C=O) groups is 1. The SMILES string of the molecule is Cc1cc(C(=O)N2CCC3(CC2)OCCO3)nc(N(C)Cc2ccccc2)n1. The van der Waals surface area contributed by atoms with E-state index in [-0.39, 0.29) is 5.91 Å². The van der Waals surface area contributed by atoms with E-state index in [1.807, 2.05) is 42.0 Å². The fourth-order valence-electron chi connectivity index (χ4n) is 3.76. The van der Waals surface area contributed by atoms with Gasteiger partial charge in [-0.05, 0) is 18.6 Å². The quantitative estimate of drug-likeness (QED) is 0.809. The van der Waals surface area contributed by atoms with Gasteiger partial charge in [0.05, 0.1) is 13.2 Å². The molecule has 0 bridgehead atoms. The molecule has 3 heterocycles. The Kier molecular flexibility index (Phi) is 5.28. The van der Waals surface area contributed by atoms with Gasteiger partial charge in [0.2, 0.25) is 5.95 Å². The second-order valence-corrected chi connectivity index (χ2v) is 7.44. The fourth-order valence-corrected chi connectivity index (χ4v) is 3.76. The third-order valence-electron chi connectivity index (χ3n) is 5.29. The molecule has 2 aliphatic heterocycles. The Hall–Kier alpha value is -2.51. The summed E-state index contributed by atoms with van der Waals surface area (Å²) in [5.74, 6) is 0.00948. The van der Waals surface area contributed by atoms with Crippen LogP contribution in [0.25, 0.3) is 0 Å². The van der Waals surface area contributed by atoms with Gasteiger partial charge in [-0.3, -0.25) is 4.79 Å². The zero-order chi connectivity index (χ0) is 19.6. The van der Waals surface area contributed by atoms with E-state index in [4.69, 9.17) is 9.47 Å². The number of nitrogens with zero attached hydrogens (tertiary/aromatic N) is 4. The van der Waals surface area contributed by atoms with Gasteiger partial charge in [0.25, 0.3) is 5.91 Å². The number of anilines is 1. The van der Waals surface area contributed by atoms with Crippen LogP contribution in [0.5, 0.6) is 0 Å². The lowest BCUT2D eigenvalue weighted by atomic mass is 10.0. The molecule has 2 saturated heterocycles. The lowest BCUT2D eigenvalue weighted by Gasteiger charge is -2.37. The first-order chi connectivity index (χ1) is 13.5. The van der Waals surface area contributed by atoms with Crippen LogP contribution in [0, 0.1) is 6.92 Å². The van der Waals surface area contributed by atoms with Crippen molar-refractivity contribution in [3.8, 4) is 0 Å². The van der Waals surface area contributed by atoms with Crippen LogP contribution in [0.2, 0.25) is 0 Å². The molecule has 0 atom stereocenters. The summed E-state index contributed by atoms with van der Waals surface area (Å²) in [6.07, 6.45) is 1.40. The highest BCUT2D eigenvalue weighted by Gasteiger charge is 2.41. The molecule has 2 aromatic rings. The molecule has 0 saturated carbocycles. The van der Waals surface area contributed by atoms with Gasteiger partial charge in [0, 0.05) is 45.2 Å². The van der Waals surface area contributed by atoms with Crippen molar-refractivity contribution >= 4 is 11.9 Å². The van der Waals surface area contributed by atoms with E-state index in [2.05, 4.69) is 22.1 Å². The maximum Gasteiger partial charge on any atom is 0.272 e. The standard InChI is InChI=1S/C21H26N4O3/c1-16-14-18(19(26)25-10-8-21(9-11-25)27-12-13-28-21)23-20(22-16)24(2)15-17-6-4-3-5-7-17/h3-7,14H,8-13,15H2,1-2H3. The summed E-state index contributed by atoms with van der Waals surface area (Å²) in [6.45, 7) is 5.06. The molecule has 0 aliphatic carbocycles. The number of likely N-dealkylation sites (tertiary alicyclic amines) is 1. The Labute approximate surface area is 165 Å². The zero-order valence-electron chi connectivity index (χ0n) is 16.4. The molecule has 2 fully saturated rings. The van der Waals surface area contributed by atoms with Gasteiger partial charge in [-0.25, -0.2) is 9.97 Å². The highest BCUT2D eigenvalue weighted by atomic mass is 16.7. The Morgan fingerprint density at radius 3 is 2.50 bits per heavy atom. The molecule has 7 heteroatoms. The molecule has 1 aromatic heterocycles. The van der Waals surface area contributed by atoms with Crippen LogP contribution < -0.4 is 4.90 Å². The maximum atomic E-state index is 13.0. The first-order valence-corrected chi connectivity index (χ1v) is 9.73. The Bertz CT molecular complexity index is 827. The van der Waals surface area contributed by atoms with E-state index in [1.165, 1.54) is 5.56 Å². The molecular weight excluding hydrogens is 356 g/mol. The third-order valence-corrected chi connectivity index (χ3v) is 5.29. The van der Waals surface area contributed by atoms with Crippen LogP contribution in [-0.4, -0.2) is 59.9 Å². The summed E-state index contributed by atoms with van der Waals surface area (Å²) in [5, 5.41) is 0. The highest BCUT2D eigenvalue weighted by Crippen LogP contribution is 2.31. The van der Waals surface area contributed by atoms with E-state index in [0.29, 0.717) is 57.3 Å². The smallest absolute Gasteiger partial charge is 0.272 e. The van der Waals surface area contributed by atoms with E-state index in [1.54, 1.807) is 6.07 Å². The van der Waals surface area contributed by atoms with Gasteiger partial charge in [-0.1, -0.05) is 30.3 Å². The number of piperidine rings is 1. The Morgan fingerprint density at radius 1 is 1.14 bits per heavy atom. The van der Waals surface area contributed by atoms with Gasteiger partial charge in [0.1, 0.15) is 5.69 Å². The van der Waals surface area contributed by atoms with Gasteiger partial charge < -0.3 is 19.3 Å². The molecular formula is C21H26N4O3. The summed E-state index contributed by atoms with van der Waals surface area (Å²) >= 11 is 0. The lowest BCUT2D eigenvalue weighted by molar-refractivity contribution is -0.181. The zero-order valence-corrected chi connectivity index (χ0v) is 16.4. The van der Waals surface area contributed by atoms with Crippen LogP contribution in [0.3, 0.4) is 0 Å². The average molecular weight is 382 g/mol.